The zero-order valence-corrected chi connectivity index (χ0v) is 15.2. The van der Waals surface area contributed by atoms with Gasteiger partial charge in [-0.15, -0.1) is 0 Å². The third kappa shape index (κ3) is 4.91. The third-order valence-corrected chi connectivity index (χ3v) is 5.10. The Balaban J connectivity index is 2.02. The monoisotopic (exact) mass is 326 g/mol. The molecule has 0 aromatic carbocycles. The van der Waals surface area contributed by atoms with E-state index in [4.69, 9.17) is 9.94 Å². The number of hydroxylamine groups is 2. The topological polar surface area (TPSA) is 61.8 Å². The van der Waals surface area contributed by atoms with Crippen molar-refractivity contribution in [1.82, 2.24) is 10.4 Å². The summed E-state index contributed by atoms with van der Waals surface area (Å²) in [5.41, 5.74) is -0.257. The molecule has 0 radical (unpaired) electrons. The molecule has 2 aliphatic rings. The number of carbonyl (C=O) groups excluding carboxylic acids is 1. The lowest BCUT2D eigenvalue weighted by Crippen LogP contribution is -2.64. The summed E-state index contributed by atoms with van der Waals surface area (Å²) in [5.74, 6) is -0.0641. The Kier molecular flexibility index (Phi) is 6.09. The first kappa shape index (κ1) is 18.7. The van der Waals surface area contributed by atoms with Crippen molar-refractivity contribution in [2.45, 2.75) is 102 Å². The van der Waals surface area contributed by atoms with Gasteiger partial charge in [-0.05, 0) is 53.4 Å². The number of hydrogen-bond acceptors (Lipinski definition) is 4. The van der Waals surface area contributed by atoms with E-state index in [2.05, 4.69) is 38.1 Å². The normalized spacial score (nSPS) is 26.1. The second-order valence-electron chi connectivity index (χ2n) is 8.43. The van der Waals surface area contributed by atoms with Gasteiger partial charge in [0.2, 0.25) is 5.91 Å². The van der Waals surface area contributed by atoms with Crippen LogP contribution in [-0.4, -0.2) is 45.9 Å². The minimum absolute atomic E-state index is 0.0641. The van der Waals surface area contributed by atoms with E-state index in [1.165, 1.54) is 19.3 Å². The molecule has 134 valence electrons. The molecule has 1 aliphatic heterocycles. The van der Waals surface area contributed by atoms with Gasteiger partial charge in [0.25, 0.3) is 0 Å². The third-order valence-electron chi connectivity index (χ3n) is 5.10. The van der Waals surface area contributed by atoms with Gasteiger partial charge < -0.3 is 10.4 Å². The molecule has 2 fully saturated rings. The largest absolute Gasteiger partial charge is 0.396 e. The van der Waals surface area contributed by atoms with Crippen molar-refractivity contribution in [2.75, 3.05) is 6.61 Å². The maximum atomic E-state index is 11.8. The van der Waals surface area contributed by atoms with E-state index < -0.39 is 0 Å². The van der Waals surface area contributed by atoms with Crippen LogP contribution in [0.5, 0.6) is 0 Å². The second kappa shape index (κ2) is 7.49. The number of piperidine rings is 1. The first-order valence-corrected chi connectivity index (χ1v) is 9.12. The molecule has 23 heavy (non-hydrogen) atoms. The van der Waals surface area contributed by atoms with E-state index in [1.54, 1.807) is 0 Å². The van der Waals surface area contributed by atoms with Gasteiger partial charge in [0.05, 0.1) is 12.7 Å². The van der Waals surface area contributed by atoms with Crippen LogP contribution in [0.3, 0.4) is 0 Å². The van der Waals surface area contributed by atoms with E-state index in [1.807, 2.05) is 0 Å². The highest BCUT2D eigenvalue weighted by Gasteiger charge is 2.47. The number of rotatable bonds is 5. The van der Waals surface area contributed by atoms with Crippen molar-refractivity contribution in [3.63, 3.8) is 0 Å². The van der Waals surface area contributed by atoms with Crippen LogP contribution < -0.4 is 5.32 Å². The fourth-order valence-electron chi connectivity index (χ4n) is 4.37. The van der Waals surface area contributed by atoms with Crippen LogP contribution in [0.25, 0.3) is 0 Å². The van der Waals surface area contributed by atoms with Crippen molar-refractivity contribution in [3.05, 3.63) is 0 Å². The molecule has 1 amide bonds. The summed E-state index contributed by atoms with van der Waals surface area (Å²) in [4.78, 5) is 18.3. The fourth-order valence-corrected chi connectivity index (χ4v) is 4.37. The molecule has 0 aromatic heterocycles. The van der Waals surface area contributed by atoms with E-state index >= 15 is 0 Å². The van der Waals surface area contributed by atoms with Gasteiger partial charge in [0, 0.05) is 23.5 Å². The van der Waals surface area contributed by atoms with Gasteiger partial charge in [0.1, 0.15) is 0 Å². The highest BCUT2D eigenvalue weighted by molar-refractivity contribution is 5.76. The maximum Gasteiger partial charge on any atom is 0.222 e. The van der Waals surface area contributed by atoms with Crippen LogP contribution in [0, 0.1) is 0 Å². The molecule has 1 saturated heterocycles. The number of aliphatic hydroxyl groups excluding tert-OH is 1. The molecule has 0 unspecified atom stereocenters. The van der Waals surface area contributed by atoms with Crippen molar-refractivity contribution >= 4 is 5.91 Å². The van der Waals surface area contributed by atoms with E-state index in [-0.39, 0.29) is 36.1 Å². The summed E-state index contributed by atoms with van der Waals surface area (Å²) in [6.07, 6.45) is 8.39. The van der Waals surface area contributed by atoms with E-state index in [0.29, 0.717) is 6.10 Å². The Labute approximate surface area is 140 Å². The lowest BCUT2D eigenvalue weighted by molar-refractivity contribution is -0.310. The maximum absolute atomic E-state index is 11.8. The van der Waals surface area contributed by atoms with Crippen LogP contribution in [-0.2, 0) is 9.63 Å². The van der Waals surface area contributed by atoms with Crippen LogP contribution in [0.4, 0.5) is 0 Å². The minimum Gasteiger partial charge on any atom is -0.396 e. The highest BCUT2D eigenvalue weighted by atomic mass is 16.7. The Hall–Kier alpha value is -0.650. The van der Waals surface area contributed by atoms with Gasteiger partial charge in [-0.3, -0.25) is 9.63 Å². The Morgan fingerprint density at radius 2 is 1.70 bits per heavy atom. The molecule has 0 aromatic rings. The quantitative estimate of drug-likeness (QED) is 0.815. The molecule has 2 rings (SSSR count). The van der Waals surface area contributed by atoms with Gasteiger partial charge in [-0.2, -0.15) is 5.06 Å². The van der Waals surface area contributed by atoms with E-state index in [0.717, 1.165) is 25.7 Å². The molecular weight excluding hydrogens is 292 g/mol. The lowest BCUT2D eigenvalue weighted by atomic mass is 9.79. The zero-order chi connectivity index (χ0) is 17.1. The standard InChI is InChI=1S/C18H34N2O3/c1-17(2)12-14(19-16(22)10-11-21)13-18(3,4)20(17)23-15-8-6-5-7-9-15/h14-15,21H,5-13H2,1-4H3,(H,19,22). The summed E-state index contributed by atoms with van der Waals surface area (Å²) < 4.78 is 0. The summed E-state index contributed by atoms with van der Waals surface area (Å²) >= 11 is 0. The molecule has 0 atom stereocenters. The van der Waals surface area contributed by atoms with Crippen LogP contribution in [0.2, 0.25) is 0 Å². The predicted molar refractivity (Wildman–Crippen MR) is 90.8 cm³/mol. The number of hydrogen-bond donors (Lipinski definition) is 2. The molecule has 2 N–H and O–H groups in total. The van der Waals surface area contributed by atoms with Gasteiger partial charge in [-0.1, -0.05) is 19.3 Å². The average molecular weight is 326 g/mol. The molecule has 0 bridgehead atoms. The number of nitrogens with zero attached hydrogens (tertiary/aromatic N) is 1. The smallest absolute Gasteiger partial charge is 0.222 e. The number of nitrogens with one attached hydrogen (secondary N) is 1. The molecule has 1 heterocycles. The number of carbonyl (C=O) groups is 1. The van der Waals surface area contributed by atoms with Crippen molar-refractivity contribution < 1.29 is 14.7 Å². The van der Waals surface area contributed by atoms with Crippen LogP contribution >= 0.6 is 0 Å². The lowest BCUT2D eigenvalue weighted by Gasteiger charge is -2.55. The van der Waals surface area contributed by atoms with Crippen molar-refractivity contribution in [1.29, 1.82) is 0 Å². The first-order valence-electron chi connectivity index (χ1n) is 9.12. The number of amides is 1. The molecule has 5 nitrogen and oxygen atoms in total. The van der Waals surface area contributed by atoms with Crippen molar-refractivity contribution in [2.24, 2.45) is 0 Å². The van der Waals surface area contributed by atoms with Crippen LogP contribution in [0.15, 0.2) is 0 Å². The summed E-state index contributed by atoms with van der Waals surface area (Å²) in [6.45, 7) is 8.69. The minimum atomic E-state index is -0.129. The predicted octanol–water partition coefficient (Wildman–Crippen LogP) is 2.77. The Bertz CT molecular complexity index is 385. The van der Waals surface area contributed by atoms with Crippen LogP contribution in [0.1, 0.15) is 79.1 Å². The van der Waals surface area contributed by atoms with Gasteiger partial charge >= 0.3 is 0 Å². The molecule has 5 heteroatoms. The first-order chi connectivity index (χ1) is 10.7. The average Bonchev–Trinajstić information content (AvgIpc) is 2.43. The van der Waals surface area contributed by atoms with Crippen molar-refractivity contribution in [3.8, 4) is 0 Å². The molecule has 0 spiro atoms. The van der Waals surface area contributed by atoms with E-state index in [9.17, 15) is 4.79 Å². The molecule has 1 saturated carbocycles. The van der Waals surface area contributed by atoms with Gasteiger partial charge in [-0.25, -0.2) is 0 Å². The SMILES string of the molecule is CC1(C)CC(NC(=O)CCO)CC(C)(C)N1OC1CCCCC1. The zero-order valence-electron chi connectivity index (χ0n) is 15.2. The summed E-state index contributed by atoms with van der Waals surface area (Å²) in [5, 5.41) is 14.2. The Morgan fingerprint density at radius 3 is 2.22 bits per heavy atom. The summed E-state index contributed by atoms with van der Waals surface area (Å²) in [7, 11) is 0. The summed E-state index contributed by atoms with van der Waals surface area (Å²) in [6, 6.07) is 0.130. The molecular formula is C18H34N2O3. The fraction of sp³-hybridized carbons (Fsp3) is 0.944. The highest BCUT2D eigenvalue weighted by Crippen LogP contribution is 2.40. The number of aliphatic hydroxyl groups is 1. The second-order valence-corrected chi connectivity index (χ2v) is 8.43. The van der Waals surface area contributed by atoms with Gasteiger partial charge in [0.15, 0.2) is 0 Å². The molecule has 1 aliphatic carbocycles. The Morgan fingerprint density at radius 1 is 1.13 bits per heavy atom.